The van der Waals surface area contributed by atoms with Crippen LogP contribution in [0, 0.1) is 0 Å². The predicted molar refractivity (Wildman–Crippen MR) is 109 cm³/mol. The third kappa shape index (κ3) is 5.16. The number of nitrogens with zero attached hydrogens (tertiary/aromatic N) is 1. The van der Waals surface area contributed by atoms with Gasteiger partial charge in [-0.25, -0.2) is 8.78 Å². The van der Waals surface area contributed by atoms with Crippen LogP contribution in [-0.4, -0.2) is 29.8 Å². The van der Waals surface area contributed by atoms with Crippen molar-refractivity contribution in [3.05, 3.63) is 71.3 Å². The Hall–Kier alpha value is -1.74. The first kappa shape index (κ1) is 20.0. The highest BCUT2D eigenvalue weighted by atomic mass is 19.2. The van der Waals surface area contributed by atoms with E-state index in [1.165, 1.54) is 11.1 Å². The molecule has 1 saturated carbocycles. The van der Waals surface area contributed by atoms with Gasteiger partial charge in [-0.05, 0) is 55.8 Å². The number of hydrogen-bond acceptors (Lipinski definition) is 1. The highest BCUT2D eigenvalue weighted by Gasteiger charge is 2.42. The topological polar surface area (TPSA) is 3.24 Å². The molecular weight excluding hydrogens is 340 g/mol. The molecule has 0 spiro atoms. The summed E-state index contributed by atoms with van der Waals surface area (Å²) < 4.78 is 26.6. The fraction of sp³-hybridized carbons (Fsp3) is 0.500. The number of benzene rings is 2. The van der Waals surface area contributed by atoms with E-state index in [1.807, 2.05) is 12.1 Å². The summed E-state index contributed by atoms with van der Waals surface area (Å²) in [4.78, 5) is 2.55. The van der Waals surface area contributed by atoms with Crippen LogP contribution in [0.1, 0.15) is 55.7 Å². The van der Waals surface area contributed by atoms with Crippen molar-refractivity contribution in [2.24, 2.45) is 0 Å². The van der Waals surface area contributed by atoms with E-state index in [4.69, 9.17) is 0 Å². The summed E-state index contributed by atoms with van der Waals surface area (Å²) in [6.07, 6.45) is 0.969. The average Bonchev–Trinajstić information content (AvgIpc) is 2.71. The zero-order chi connectivity index (χ0) is 19.2. The van der Waals surface area contributed by atoms with E-state index >= 15 is 0 Å². The van der Waals surface area contributed by atoms with E-state index in [-0.39, 0.29) is 5.92 Å². The third-order valence-corrected chi connectivity index (χ3v) is 5.83. The Morgan fingerprint density at radius 2 is 1.70 bits per heavy atom. The Bertz CT molecular complexity index is 685. The maximum Gasteiger partial charge on any atom is 0.138 e. The summed E-state index contributed by atoms with van der Waals surface area (Å²) >= 11 is 0. The van der Waals surface area contributed by atoms with Gasteiger partial charge in [0.15, 0.2) is 0 Å². The van der Waals surface area contributed by atoms with Crippen molar-refractivity contribution in [3.63, 3.8) is 0 Å². The summed E-state index contributed by atoms with van der Waals surface area (Å²) in [7, 11) is 0. The molecule has 4 atom stereocenters. The summed E-state index contributed by atoms with van der Waals surface area (Å²) in [6.45, 7) is 6.61. The average molecular weight is 372 g/mol. The first-order valence-electron chi connectivity index (χ1n) is 10.2. The van der Waals surface area contributed by atoms with Gasteiger partial charge in [0.2, 0.25) is 0 Å². The fourth-order valence-electron chi connectivity index (χ4n) is 3.93. The van der Waals surface area contributed by atoms with Gasteiger partial charge in [0.05, 0.1) is 0 Å². The molecule has 27 heavy (non-hydrogen) atoms. The number of aryl methyl sites for hydroxylation is 1. The van der Waals surface area contributed by atoms with Crippen LogP contribution in [0.15, 0.2) is 54.6 Å². The van der Waals surface area contributed by atoms with E-state index in [2.05, 4.69) is 61.2 Å². The molecular formula is C24H31F2N. The number of halogens is 2. The zero-order valence-electron chi connectivity index (χ0n) is 16.5. The summed E-state index contributed by atoms with van der Waals surface area (Å²) in [6, 6.07) is 19.3. The lowest BCUT2D eigenvalue weighted by Gasteiger charge is -2.34. The Labute approximate surface area is 162 Å². The van der Waals surface area contributed by atoms with Crippen molar-refractivity contribution in [1.82, 2.24) is 4.90 Å². The van der Waals surface area contributed by atoms with Crippen molar-refractivity contribution in [2.75, 3.05) is 6.54 Å². The van der Waals surface area contributed by atoms with Crippen molar-refractivity contribution in [1.29, 1.82) is 0 Å². The molecule has 2 aromatic rings. The minimum atomic E-state index is -1.32. The zero-order valence-corrected chi connectivity index (χ0v) is 16.5. The largest absolute Gasteiger partial charge is 0.296 e. The summed E-state index contributed by atoms with van der Waals surface area (Å²) in [5, 5.41) is 0. The Balaban J connectivity index is 1.53. The minimum absolute atomic E-state index is 0.251. The quantitative estimate of drug-likeness (QED) is 0.516. The van der Waals surface area contributed by atoms with Crippen LogP contribution in [-0.2, 0) is 13.0 Å². The molecule has 146 valence electrons. The maximum absolute atomic E-state index is 13.6. The van der Waals surface area contributed by atoms with E-state index in [0.717, 1.165) is 37.9 Å². The predicted octanol–water partition coefficient (Wildman–Crippen LogP) is 6.08. The first-order chi connectivity index (χ1) is 13.1. The van der Waals surface area contributed by atoms with E-state index in [0.29, 0.717) is 12.5 Å². The molecule has 0 N–H and O–H groups in total. The molecule has 0 aromatic heterocycles. The van der Waals surface area contributed by atoms with Gasteiger partial charge in [0.25, 0.3) is 0 Å². The molecule has 1 aliphatic rings. The van der Waals surface area contributed by atoms with E-state index < -0.39 is 12.3 Å². The smallest absolute Gasteiger partial charge is 0.138 e. The van der Waals surface area contributed by atoms with Crippen molar-refractivity contribution in [2.45, 2.75) is 70.4 Å². The van der Waals surface area contributed by atoms with Gasteiger partial charge in [-0.15, -0.1) is 0 Å². The monoisotopic (exact) mass is 371 g/mol. The van der Waals surface area contributed by atoms with Crippen LogP contribution < -0.4 is 0 Å². The van der Waals surface area contributed by atoms with Gasteiger partial charge < -0.3 is 0 Å². The van der Waals surface area contributed by atoms with Crippen LogP contribution in [0.5, 0.6) is 0 Å². The molecule has 0 amide bonds. The molecule has 3 rings (SSSR count). The van der Waals surface area contributed by atoms with Crippen LogP contribution in [0.25, 0.3) is 0 Å². The lowest BCUT2D eigenvalue weighted by Crippen LogP contribution is -2.38. The molecule has 1 aliphatic carbocycles. The SMILES string of the molecule is CCCN(Cc1ccccc1)C(C)CCc1ccc(C2CC(F)C2F)cc1. The van der Waals surface area contributed by atoms with Gasteiger partial charge in [0.1, 0.15) is 12.3 Å². The molecule has 4 unspecified atom stereocenters. The van der Waals surface area contributed by atoms with Gasteiger partial charge in [0, 0.05) is 18.5 Å². The Kier molecular flexibility index (Phi) is 7.01. The van der Waals surface area contributed by atoms with Gasteiger partial charge in [-0.1, -0.05) is 61.5 Å². The molecule has 3 heteroatoms. The molecule has 0 aliphatic heterocycles. The molecule has 1 fully saturated rings. The third-order valence-electron chi connectivity index (χ3n) is 5.83. The second kappa shape index (κ2) is 9.45. The second-order valence-corrected chi connectivity index (χ2v) is 7.89. The summed E-state index contributed by atoms with van der Waals surface area (Å²) in [5.74, 6) is -0.251. The van der Waals surface area contributed by atoms with E-state index in [1.54, 1.807) is 0 Å². The standard InChI is InChI=1S/C24H31F2N/c1-3-15-27(17-20-7-5-4-6-8-20)18(2)9-10-19-11-13-21(14-12-19)22-16-23(25)24(22)26/h4-8,11-14,18,22-24H,3,9-10,15-17H2,1-2H3. The second-order valence-electron chi connectivity index (χ2n) is 7.89. The fourth-order valence-corrected chi connectivity index (χ4v) is 3.93. The van der Waals surface area contributed by atoms with E-state index in [9.17, 15) is 8.78 Å². The number of alkyl halides is 2. The van der Waals surface area contributed by atoms with Gasteiger partial charge in [-0.3, -0.25) is 4.90 Å². The van der Waals surface area contributed by atoms with Crippen LogP contribution in [0.4, 0.5) is 8.78 Å². The Morgan fingerprint density at radius 1 is 1.00 bits per heavy atom. The lowest BCUT2D eigenvalue weighted by atomic mass is 9.76. The molecule has 0 saturated heterocycles. The van der Waals surface area contributed by atoms with Crippen LogP contribution in [0.2, 0.25) is 0 Å². The number of hydrogen-bond donors (Lipinski definition) is 0. The Morgan fingerprint density at radius 3 is 2.30 bits per heavy atom. The van der Waals surface area contributed by atoms with Crippen molar-refractivity contribution >= 4 is 0 Å². The number of rotatable bonds is 9. The summed E-state index contributed by atoms with van der Waals surface area (Å²) in [5.41, 5.74) is 3.56. The van der Waals surface area contributed by atoms with Crippen LogP contribution in [0.3, 0.4) is 0 Å². The molecule has 0 radical (unpaired) electrons. The highest BCUT2D eigenvalue weighted by Crippen LogP contribution is 2.41. The highest BCUT2D eigenvalue weighted by molar-refractivity contribution is 5.29. The van der Waals surface area contributed by atoms with Gasteiger partial charge >= 0.3 is 0 Å². The van der Waals surface area contributed by atoms with Gasteiger partial charge in [-0.2, -0.15) is 0 Å². The minimum Gasteiger partial charge on any atom is -0.296 e. The molecule has 0 bridgehead atoms. The first-order valence-corrected chi connectivity index (χ1v) is 10.2. The van der Waals surface area contributed by atoms with Crippen molar-refractivity contribution in [3.8, 4) is 0 Å². The van der Waals surface area contributed by atoms with Crippen molar-refractivity contribution < 1.29 is 8.78 Å². The normalized spacial score (nSPS) is 23.2. The van der Waals surface area contributed by atoms with Crippen LogP contribution >= 0.6 is 0 Å². The molecule has 2 aromatic carbocycles. The lowest BCUT2D eigenvalue weighted by molar-refractivity contribution is 0.0428. The molecule has 1 nitrogen and oxygen atoms in total. The molecule has 0 heterocycles. The maximum atomic E-state index is 13.6.